The van der Waals surface area contributed by atoms with Gasteiger partial charge in [-0.1, -0.05) is 181 Å². The number of carbonyl (C=O) groups excluding carboxylic acids is 2. The highest BCUT2D eigenvalue weighted by Crippen LogP contribution is 2.43. The summed E-state index contributed by atoms with van der Waals surface area (Å²) in [5, 5.41) is 21.8. The number of unbranched alkanes of at least 4 members (excludes halogenated alkanes) is 26. The molecule has 0 radical (unpaired) electrons. The quantitative estimate of drug-likeness (QED) is 0.0268. The highest BCUT2D eigenvalue weighted by Gasteiger charge is 2.28. The number of ether oxygens (including phenoxy) is 1. The number of aliphatic hydroxyl groups excluding tert-OH is 1. The van der Waals surface area contributed by atoms with Crippen molar-refractivity contribution in [2.45, 2.75) is 219 Å². The van der Waals surface area contributed by atoms with Gasteiger partial charge >= 0.3 is 19.8 Å². The number of esters is 1. The maximum Gasteiger partial charge on any atom is 0.472 e. The molecule has 0 aromatic rings. The summed E-state index contributed by atoms with van der Waals surface area (Å²) in [6.07, 6.45) is 32.7. The summed E-state index contributed by atoms with van der Waals surface area (Å²) >= 11 is 0. The molecular formula is C40H78NO10P. The molecule has 12 heteroatoms. The van der Waals surface area contributed by atoms with Crippen molar-refractivity contribution in [3.8, 4) is 0 Å². The second-order valence-electron chi connectivity index (χ2n) is 14.5. The molecule has 308 valence electrons. The SMILES string of the molecule is CCCCCCCCCCCCCCCCCCCC(=O)NC(COP(=O)(O)OCC(O)COC(=O)CCCCCCCCCCCCC)C(=O)O. The second-order valence-corrected chi connectivity index (χ2v) is 16.0. The van der Waals surface area contributed by atoms with E-state index in [9.17, 15) is 34.1 Å². The molecule has 52 heavy (non-hydrogen) atoms. The monoisotopic (exact) mass is 764 g/mol. The number of hydrogen-bond donors (Lipinski definition) is 4. The van der Waals surface area contributed by atoms with E-state index in [0.29, 0.717) is 12.8 Å². The molecule has 0 rings (SSSR count). The minimum Gasteiger partial charge on any atom is -0.480 e. The summed E-state index contributed by atoms with van der Waals surface area (Å²) in [5.41, 5.74) is 0. The Morgan fingerprint density at radius 2 is 0.885 bits per heavy atom. The number of aliphatic carboxylic acids is 1. The molecule has 0 aliphatic rings. The molecular weight excluding hydrogens is 685 g/mol. The third-order valence-electron chi connectivity index (χ3n) is 9.40. The van der Waals surface area contributed by atoms with Gasteiger partial charge in [0.2, 0.25) is 5.91 Å². The fourth-order valence-electron chi connectivity index (χ4n) is 6.08. The summed E-state index contributed by atoms with van der Waals surface area (Å²) < 4.78 is 26.8. The Kier molecular flexibility index (Phi) is 35.4. The average molecular weight is 764 g/mol. The van der Waals surface area contributed by atoms with Crippen molar-refractivity contribution in [1.29, 1.82) is 0 Å². The maximum absolute atomic E-state index is 12.3. The fraction of sp³-hybridized carbons (Fsp3) is 0.925. The number of nitrogens with one attached hydrogen (secondary N) is 1. The van der Waals surface area contributed by atoms with E-state index in [4.69, 9.17) is 13.8 Å². The number of amides is 1. The van der Waals surface area contributed by atoms with E-state index < -0.39 is 57.6 Å². The highest BCUT2D eigenvalue weighted by atomic mass is 31.2. The molecule has 0 aliphatic heterocycles. The number of carboxylic acids is 1. The van der Waals surface area contributed by atoms with Crippen LogP contribution in [0.3, 0.4) is 0 Å². The van der Waals surface area contributed by atoms with Crippen LogP contribution in [-0.4, -0.2) is 64.9 Å². The predicted molar refractivity (Wildman–Crippen MR) is 208 cm³/mol. The normalized spacial score (nSPS) is 13.8. The Morgan fingerprint density at radius 3 is 1.27 bits per heavy atom. The van der Waals surface area contributed by atoms with Crippen molar-refractivity contribution >= 4 is 25.7 Å². The molecule has 0 spiro atoms. The van der Waals surface area contributed by atoms with E-state index >= 15 is 0 Å². The van der Waals surface area contributed by atoms with Crippen molar-refractivity contribution < 1.29 is 47.8 Å². The van der Waals surface area contributed by atoms with Gasteiger partial charge in [0.1, 0.15) is 12.7 Å². The molecule has 4 N–H and O–H groups in total. The summed E-state index contributed by atoms with van der Waals surface area (Å²) in [6, 6.07) is -1.54. The van der Waals surface area contributed by atoms with Gasteiger partial charge in [0, 0.05) is 12.8 Å². The minimum atomic E-state index is -4.74. The van der Waals surface area contributed by atoms with E-state index in [2.05, 4.69) is 19.2 Å². The van der Waals surface area contributed by atoms with Gasteiger partial charge in [-0.15, -0.1) is 0 Å². The van der Waals surface area contributed by atoms with Crippen LogP contribution in [0.1, 0.15) is 206 Å². The van der Waals surface area contributed by atoms with Gasteiger partial charge < -0.3 is 25.2 Å². The number of aliphatic hydroxyl groups is 1. The lowest BCUT2D eigenvalue weighted by molar-refractivity contribution is -0.147. The van der Waals surface area contributed by atoms with Gasteiger partial charge in [-0.2, -0.15) is 0 Å². The van der Waals surface area contributed by atoms with Crippen LogP contribution in [0, 0.1) is 0 Å². The lowest BCUT2D eigenvalue weighted by atomic mass is 10.0. The first kappa shape index (κ1) is 50.5. The zero-order chi connectivity index (χ0) is 38.5. The van der Waals surface area contributed by atoms with Crippen LogP contribution in [0.15, 0.2) is 0 Å². The van der Waals surface area contributed by atoms with Gasteiger partial charge in [0.15, 0.2) is 6.04 Å². The smallest absolute Gasteiger partial charge is 0.472 e. The van der Waals surface area contributed by atoms with Gasteiger partial charge in [0.25, 0.3) is 0 Å². The molecule has 0 fully saturated rings. The summed E-state index contributed by atoms with van der Waals surface area (Å²) in [4.78, 5) is 45.8. The summed E-state index contributed by atoms with van der Waals surface area (Å²) in [6.45, 7) is 2.60. The van der Waals surface area contributed by atoms with Crippen molar-refractivity contribution in [1.82, 2.24) is 5.32 Å². The third kappa shape index (κ3) is 35.5. The number of hydrogen-bond acceptors (Lipinski definition) is 8. The number of carbonyl (C=O) groups is 3. The lowest BCUT2D eigenvalue weighted by Crippen LogP contribution is -2.43. The van der Waals surface area contributed by atoms with Crippen molar-refractivity contribution in [2.24, 2.45) is 0 Å². The zero-order valence-electron chi connectivity index (χ0n) is 33.1. The van der Waals surface area contributed by atoms with E-state index in [0.717, 1.165) is 38.5 Å². The summed E-state index contributed by atoms with van der Waals surface area (Å²) in [5.74, 6) is -2.36. The Balaban J connectivity index is 3.89. The predicted octanol–water partition coefficient (Wildman–Crippen LogP) is 10.3. The van der Waals surface area contributed by atoms with Gasteiger partial charge in [0.05, 0.1) is 13.2 Å². The van der Waals surface area contributed by atoms with Crippen LogP contribution < -0.4 is 5.32 Å². The standard InChI is InChI=1S/C40H78NO10P/c1-3-5-7-9-11-13-15-16-17-18-19-20-22-23-25-27-29-31-38(43)41-37(40(45)46)35-51-52(47,48)50-34-36(42)33-49-39(44)32-30-28-26-24-21-14-12-10-8-6-4-2/h36-37,42H,3-35H2,1-2H3,(H,41,43)(H,45,46)(H,47,48). The van der Waals surface area contributed by atoms with Crippen molar-refractivity contribution in [2.75, 3.05) is 19.8 Å². The van der Waals surface area contributed by atoms with Crippen LogP contribution in [0.2, 0.25) is 0 Å². The Hall–Kier alpha value is -1.52. The van der Waals surface area contributed by atoms with Gasteiger partial charge in [-0.05, 0) is 12.8 Å². The molecule has 1 amide bonds. The van der Waals surface area contributed by atoms with Crippen LogP contribution in [0.25, 0.3) is 0 Å². The molecule has 3 atom stereocenters. The first-order valence-corrected chi connectivity index (χ1v) is 22.6. The van der Waals surface area contributed by atoms with E-state index in [-0.39, 0.29) is 12.8 Å². The summed E-state index contributed by atoms with van der Waals surface area (Å²) in [7, 11) is -4.74. The molecule has 0 aromatic heterocycles. The first-order valence-electron chi connectivity index (χ1n) is 21.1. The van der Waals surface area contributed by atoms with E-state index in [1.54, 1.807) is 0 Å². The van der Waals surface area contributed by atoms with Gasteiger partial charge in [-0.3, -0.25) is 18.6 Å². The molecule has 0 aliphatic carbocycles. The largest absolute Gasteiger partial charge is 0.480 e. The number of phosphoric ester groups is 1. The highest BCUT2D eigenvalue weighted by molar-refractivity contribution is 7.47. The zero-order valence-corrected chi connectivity index (χ0v) is 34.0. The van der Waals surface area contributed by atoms with Crippen LogP contribution in [0.4, 0.5) is 0 Å². The minimum absolute atomic E-state index is 0.153. The van der Waals surface area contributed by atoms with E-state index in [1.165, 1.54) is 128 Å². The molecule has 3 unspecified atom stereocenters. The Bertz CT molecular complexity index is 906. The van der Waals surface area contributed by atoms with Crippen molar-refractivity contribution in [3.63, 3.8) is 0 Å². The van der Waals surface area contributed by atoms with Crippen LogP contribution >= 0.6 is 7.82 Å². The Labute approximate surface area is 316 Å². The lowest BCUT2D eigenvalue weighted by Gasteiger charge is -2.18. The first-order chi connectivity index (χ1) is 25.1. The van der Waals surface area contributed by atoms with Crippen LogP contribution in [-0.2, 0) is 32.7 Å². The van der Waals surface area contributed by atoms with Crippen molar-refractivity contribution in [3.05, 3.63) is 0 Å². The maximum atomic E-state index is 12.3. The molecule has 0 saturated heterocycles. The molecule has 0 heterocycles. The molecule has 0 aromatic carbocycles. The molecule has 0 saturated carbocycles. The number of rotatable bonds is 40. The van der Waals surface area contributed by atoms with E-state index in [1.807, 2.05) is 0 Å². The average Bonchev–Trinajstić information content (AvgIpc) is 3.11. The number of carboxylic acid groups (broad SMARTS) is 1. The number of phosphoric acid groups is 1. The topological polar surface area (TPSA) is 169 Å². The third-order valence-corrected chi connectivity index (χ3v) is 10.3. The molecule has 0 bridgehead atoms. The Morgan fingerprint density at radius 1 is 0.538 bits per heavy atom. The van der Waals surface area contributed by atoms with Gasteiger partial charge in [-0.25, -0.2) is 9.36 Å². The second kappa shape index (κ2) is 36.5. The fourth-order valence-corrected chi connectivity index (χ4v) is 6.85. The molecule has 11 nitrogen and oxygen atoms in total. The van der Waals surface area contributed by atoms with Crippen LogP contribution in [0.5, 0.6) is 0 Å².